The molecule has 2 heterocycles. The summed E-state index contributed by atoms with van der Waals surface area (Å²) < 4.78 is 0. The van der Waals surface area contributed by atoms with Crippen molar-refractivity contribution in [3.8, 4) is 0 Å². The first-order valence-corrected chi connectivity index (χ1v) is 9.38. The van der Waals surface area contributed by atoms with E-state index in [-0.39, 0.29) is 0 Å². The second-order valence-electron chi connectivity index (χ2n) is 5.92. The highest BCUT2D eigenvalue weighted by atomic mass is 32.1. The molecule has 1 atom stereocenters. The average Bonchev–Trinajstić information content (AvgIpc) is 3.13. The van der Waals surface area contributed by atoms with E-state index in [0.717, 1.165) is 36.4 Å². The molecule has 2 aromatic heterocycles. The highest BCUT2D eigenvalue weighted by Crippen LogP contribution is 2.25. The molecule has 3 aromatic rings. The third-order valence-electron chi connectivity index (χ3n) is 4.43. The zero-order valence-electron chi connectivity index (χ0n) is 14.5. The van der Waals surface area contributed by atoms with Gasteiger partial charge in [0.25, 0.3) is 0 Å². The lowest BCUT2D eigenvalue weighted by atomic mass is 10.1. The molecule has 0 radical (unpaired) electrons. The summed E-state index contributed by atoms with van der Waals surface area (Å²) in [6.07, 6.45) is 1.64. The molecular formula is C19H24N4S. The third-order valence-corrected chi connectivity index (χ3v) is 5.14. The molecule has 0 spiro atoms. The lowest BCUT2D eigenvalue weighted by molar-refractivity contribution is 0.228. The van der Waals surface area contributed by atoms with Gasteiger partial charge in [0.05, 0.1) is 11.6 Å². The summed E-state index contributed by atoms with van der Waals surface area (Å²) in [6, 6.07) is 8.86. The number of aryl methyl sites for hydroxylation is 1. The SMILES string of the molecule is CCN(CC)C(CNc1ncnc2ccc(C)cc12)c1ccsc1. The van der Waals surface area contributed by atoms with Crippen LogP contribution < -0.4 is 5.32 Å². The quantitative estimate of drug-likeness (QED) is 0.688. The Bertz CT molecular complexity index is 781. The molecule has 0 aliphatic carbocycles. The minimum absolute atomic E-state index is 0.348. The normalized spacial score (nSPS) is 12.7. The standard InChI is InChI=1S/C19H24N4S/c1-4-23(5-2)18(15-8-9-24-12-15)11-20-19-16-10-14(3)6-7-17(16)21-13-22-19/h6-10,12-13,18H,4-5,11H2,1-3H3,(H,20,21,22). The van der Waals surface area contributed by atoms with E-state index in [9.17, 15) is 0 Å². The van der Waals surface area contributed by atoms with Crippen LogP contribution in [-0.4, -0.2) is 34.5 Å². The van der Waals surface area contributed by atoms with Crippen LogP contribution in [0.4, 0.5) is 5.82 Å². The van der Waals surface area contributed by atoms with Crippen molar-refractivity contribution >= 4 is 28.1 Å². The maximum atomic E-state index is 4.47. The highest BCUT2D eigenvalue weighted by molar-refractivity contribution is 7.07. The molecule has 0 bridgehead atoms. The number of hydrogen-bond acceptors (Lipinski definition) is 5. The van der Waals surface area contributed by atoms with Crippen LogP contribution in [0, 0.1) is 6.92 Å². The van der Waals surface area contributed by atoms with E-state index in [0.29, 0.717) is 6.04 Å². The van der Waals surface area contributed by atoms with Gasteiger partial charge in [0.2, 0.25) is 0 Å². The summed E-state index contributed by atoms with van der Waals surface area (Å²) in [7, 11) is 0. The number of likely N-dealkylation sites (N-methyl/N-ethyl adjacent to an activating group) is 1. The molecule has 0 aliphatic rings. The number of anilines is 1. The Labute approximate surface area is 147 Å². The van der Waals surface area contributed by atoms with Gasteiger partial charge in [-0.2, -0.15) is 11.3 Å². The lowest BCUT2D eigenvalue weighted by Gasteiger charge is -2.29. The molecule has 1 unspecified atom stereocenters. The third kappa shape index (κ3) is 3.57. The van der Waals surface area contributed by atoms with E-state index in [1.807, 2.05) is 0 Å². The van der Waals surface area contributed by atoms with Gasteiger partial charge in [0, 0.05) is 11.9 Å². The molecule has 0 amide bonds. The number of nitrogens with zero attached hydrogens (tertiary/aromatic N) is 3. The van der Waals surface area contributed by atoms with Gasteiger partial charge in [-0.05, 0) is 54.5 Å². The van der Waals surface area contributed by atoms with Gasteiger partial charge >= 0.3 is 0 Å². The van der Waals surface area contributed by atoms with Crippen molar-refractivity contribution in [1.29, 1.82) is 0 Å². The van der Waals surface area contributed by atoms with Gasteiger partial charge < -0.3 is 5.32 Å². The van der Waals surface area contributed by atoms with Crippen molar-refractivity contribution in [3.05, 3.63) is 52.5 Å². The Morgan fingerprint density at radius 3 is 2.71 bits per heavy atom. The molecule has 0 saturated heterocycles. The summed E-state index contributed by atoms with van der Waals surface area (Å²) in [5.74, 6) is 0.913. The van der Waals surface area contributed by atoms with Crippen LogP contribution in [0.5, 0.6) is 0 Å². The van der Waals surface area contributed by atoms with E-state index in [2.05, 4.69) is 76.0 Å². The van der Waals surface area contributed by atoms with Crippen LogP contribution in [0.3, 0.4) is 0 Å². The molecule has 1 N–H and O–H groups in total. The summed E-state index contributed by atoms with van der Waals surface area (Å²) in [5.41, 5.74) is 3.57. The van der Waals surface area contributed by atoms with Crippen molar-refractivity contribution < 1.29 is 0 Å². The molecule has 126 valence electrons. The van der Waals surface area contributed by atoms with E-state index in [1.54, 1.807) is 17.7 Å². The number of aromatic nitrogens is 2. The number of thiophene rings is 1. The number of fused-ring (bicyclic) bond motifs is 1. The van der Waals surface area contributed by atoms with E-state index in [4.69, 9.17) is 0 Å². The van der Waals surface area contributed by atoms with E-state index < -0.39 is 0 Å². The monoisotopic (exact) mass is 340 g/mol. The smallest absolute Gasteiger partial charge is 0.137 e. The van der Waals surface area contributed by atoms with Crippen molar-refractivity contribution in [2.45, 2.75) is 26.8 Å². The second-order valence-corrected chi connectivity index (χ2v) is 6.70. The molecule has 24 heavy (non-hydrogen) atoms. The summed E-state index contributed by atoms with van der Waals surface area (Å²) >= 11 is 1.75. The van der Waals surface area contributed by atoms with Crippen LogP contribution in [0.15, 0.2) is 41.4 Å². The van der Waals surface area contributed by atoms with Gasteiger partial charge in [-0.25, -0.2) is 9.97 Å². The first-order chi connectivity index (χ1) is 11.7. The highest BCUT2D eigenvalue weighted by Gasteiger charge is 2.18. The predicted octanol–water partition coefficient (Wildman–Crippen LogP) is 4.49. The van der Waals surface area contributed by atoms with Crippen molar-refractivity contribution in [1.82, 2.24) is 14.9 Å². The maximum Gasteiger partial charge on any atom is 0.137 e. The first-order valence-electron chi connectivity index (χ1n) is 8.44. The molecule has 0 saturated carbocycles. The number of nitrogens with one attached hydrogen (secondary N) is 1. The maximum absolute atomic E-state index is 4.47. The molecule has 0 aliphatic heterocycles. The van der Waals surface area contributed by atoms with Crippen LogP contribution in [0.1, 0.15) is 31.0 Å². The van der Waals surface area contributed by atoms with Gasteiger partial charge in [0.1, 0.15) is 12.1 Å². The molecule has 0 fully saturated rings. The summed E-state index contributed by atoms with van der Waals surface area (Å²) in [6.45, 7) is 9.42. The van der Waals surface area contributed by atoms with Crippen molar-refractivity contribution in [3.63, 3.8) is 0 Å². The summed E-state index contributed by atoms with van der Waals surface area (Å²) in [5, 5.41) is 9.04. The predicted molar refractivity (Wildman–Crippen MR) is 103 cm³/mol. The minimum atomic E-state index is 0.348. The molecule has 4 nitrogen and oxygen atoms in total. The average molecular weight is 340 g/mol. The Morgan fingerprint density at radius 1 is 1.17 bits per heavy atom. The topological polar surface area (TPSA) is 41.0 Å². The van der Waals surface area contributed by atoms with E-state index >= 15 is 0 Å². The number of benzene rings is 1. The fourth-order valence-corrected chi connectivity index (χ4v) is 3.80. The molecule has 3 rings (SSSR count). The molecular weight excluding hydrogens is 316 g/mol. The van der Waals surface area contributed by atoms with Gasteiger partial charge in [-0.1, -0.05) is 25.5 Å². The van der Waals surface area contributed by atoms with Gasteiger partial charge in [-0.15, -0.1) is 0 Å². The van der Waals surface area contributed by atoms with Crippen LogP contribution in [0.25, 0.3) is 10.9 Å². The van der Waals surface area contributed by atoms with Crippen LogP contribution in [-0.2, 0) is 0 Å². The molecule has 5 heteroatoms. The first kappa shape index (κ1) is 16.9. The van der Waals surface area contributed by atoms with Gasteiger partial charge in [-0.3, -0.25) is 4.90 Å². The number of hydrogen-bond donors (Lipinski definition) is 1. The van der Waals surface area contributed by atoms with Gasteiger partial charge in [0.15, 0.2) is 0 Å². The Morgan fingerprint density at radius 2 is 2.00 bits per heavy atom. The molecule has 1 aromatic carbocycles. The van der Waals surface area contributed by atoms with Crippen molar-refractivity contribution in [2.75, 3.05) is 25.0 Å². The van der Waals surface area contributed by atoms with Crippen LogP contribution in [0.2, 0.25) is 0 Å². The fraction of sp³-hybridized carbons (Fsp3) is 0.368. The van der Waals surface area contributed by atoms with Crippen LogP contribution >= 0.6 is 11.3 Å². The largest absolute Gasteiger partial charge is 0.368 e. The Balaban J connectivity index is 1.86. The fourth-order valence-electron chi connectivity index (χ4n) is 3.09. The zero-order valence-corrected chi connectivity index (χ0v) is 15.3. The summed E-state index contributed by atoms with van der Waals surface area (Å²) in [4.78, 5) is 11.3. The second kappa shape index (κ2) is 7.73. The Hall–Kier alpha value is -1.98. The van der Waals surface area contributed by atoms with E-state index in [1.165, 1.54) is 11.1 Å². The lowest BCUT2D eigenvalue weighted by Crippen LogP contribution is -2.33. The number of rotatable bonds is 7. The zero-order chi connectivity index (χ0) is 16.9. The Kier molecular flexibility index (Phi) is 5.43. The minimum Gasteiger partial charge on any atom is -0.368 e. The van der Waals surface area contributed by atoms with Crippen molar-refractivity contribution in [2.24, 2.45) is 0 Å².